The Hall–Kier alpha value is -0.670. The van der Waals surface area contributed by atoms with Crippen molar-refractivity contribution in [2.24, 2.45) is 0 Å². The van der Waals surface area contributed by atoms with Crippen molar-refractivity contribution in [3.05, 3.63) is 58.1 Å². The average molecular weight is 298 g/mol. The van der Waals surface area contributed by atoms with Gasteiger partial charge in [-0.25, -0.2) is 0 Å². The number of nitrogens with one attached hydrogen (secondary N) is 1. The molecule has 0 aliphatic carbocycles. The van der Waals surface area contributed by atoms with Gasteiger partial charge in [0.1, 0.15) is 0 Å². The fourth-order valence-electron chi connectivity index (χ4n) is 1.61. The van der Waals surface area contributed by atoms with Gasteiger partial charge in [-0.2, -0.15) is 0 Å². The minimum Gasteiger partial charge on any atom is -0.316 e. The van der Waals surface area contributed by atoms with E-state index in [0.717, 1.165) is 26.4 Å². The number of halogens is 2. The molecule has 4 heteroatoms. The summed E-state index contributed by atoms with van der Waals surface area (Å²) in [7, 11) is 1.93. The zero-order chi connectivity index (χ0) is 13.0. The SMILES string of the molecule is CNCc1ccc(Cl)cc1Sc1ccccc1Cl. The largest absolute Gasteiger partial charge is 0.316 e. The quantitative estimate of drug-likeness (QED) is 0.864. The molecule has 94 valence electrons. The Morgan fingerprint density at radius 1 is 1.06 bits per heavy atom. The highest BCUT2D eigenvalue weighted by Crippen LogP contribution is 2.36. The molecule has 0 aromatic heterocycles. The van der Waals surface area contributed by atoms with Crippen molar-refractivity contribution in [1.29, 1.82) is 0 Å². The summed E-state index contributed by atoms with van der Waals surface area (Å²) in [6, 6.07) is 13.7. The van der Waals surface area contributed by atoms with E-state index >= 15 is 0 Å². The fraction of sp³-hybridized carbons (Fsp3) is 0.143. The van der Waals surface area contributed by atoms with Crippen molar-refractivity contribution in [3.8, 4) is 0 Å². The van der Waals surface area contributed by atoms with Crippen LogP contribution in [0.1, 0.15) is 5.56 Å². The van der Waals surface area contributed by atoms with Crippen LogP contribution in [0.4, 0.5) is 0 Å². The summed E-state index contributed by atoms with van der Waals surface area (Å²) in [6.45, 7) is 0.809. The van der Waals surface area contributed by atoms with E-state index in [1.165, 1.54) is 5.56 Å². The molecule has 0 aliphatic rings. The number of hydrogen-bond acceptors (Lipinski definition) is 2. The Balaban J connectivity index is 2.33. The molecule has 2 rings (SSSR count). The van der Waals surface area contributed by atoms with Crippen molar-refractivity contribution in [2.45, 2.75) is 16.3 Å². The van der Waals surface area contributed by atoms with Crippen molar-refractivity contribution >= 4 is 35.0 Å². The van der Waals surface area contributed by atoms with Gasteiger partial charge in [0.25, 0.3) is 0 Å². The van der Waals surface area contributed by atoms with Gasteiger partial charge < -0.3 is 5.32 Å². The second-order valence-electron chi connectivity index (χ2n) is 3.81. The van der Waals surface area contributed by atoms with Crippen molar-refractivity contribution < 1.29 is 0 Å². The molecular weight excluding hydrogens is 285 g/mol. The summed E-state index contributed by atoms with van der Waals surface area (Å²) in [6.07, 6.45) is 0. The van der Waals surface area contributed by atoms with Crippen LogP contribution < -0.4 is 5.32 Å². The molecule has 0 heterocycles. The molecular formula is C14H13Cl2NS. The fourth-order valence-corrected chi connectivity index (χ4v) is 3.10. The second-order valence-corrected chi connectivity index (χ2v) is 5.74. The maximum Gasteiger partial charge on any atom is 0.0545 e. The highest BCUT2D eigenvalue weighted by atomic mass is 35.5. The first-order valence-electron chi connectivity index (χ1n) is 5.56. The molecule has 0 amide bonds. The normalized spacial score (nSPS) is 10.6. The third-order valence-electron chi connectivity index (χ3n) is 2.45. The van der Waals surface area contributed by atoms with E-state index < -0.39 is 0 Å². The Morgan fingerprint density at radius 2 is 1.83 bits per heavy atom. The van der Waals surface area contributed by atoms with Crippen molar-refractivity contribution in [1.82, 2.24) is 5.32 Å². The van der Waals surface area contributed by atoms with Gasteiger partial charge in [0.05, 0.1) is 5.02 Å². The van der Waals surface area contributed by atoms with Crippen LogP contribution in [0, 0.1) is 0 Å². The topological polar surface area (TPSA) is 12.0 Å². The summed E-state index contributed by atoms with van der Waals surface area (Å²) < 4.78 is 0. The molecule has 0 radical (unpaired) electrons. The van der Waals surface area contributed by atoms with E-state index in [0.29, 0.717) is 0 Å². The Labute approximate surface area is 121 Å². The van der Waals surface area contributed by atoms with Crippen LogP contribution in [0.25, 0.3) is 0 Å². The Bertz CT molecular complexity index is 543. The van der Waals surface area contributed by atoms with E-state index in [9.17, 15) is 0 Å². The summed E-state index contributed by atoms with van der Waals surface area (Å²) in [5.74, 6) is 0. The minimum atomic E-state index is 0.740. The van der Waals surface area contributed by atoms with Gasteiger partial charge in [-0.05, 0) is 36.9 Å². The molecule has 1 nitrogen and oxygen atoms in total. The molecule has 2 aromatic rings. The number of benzene rings is 2. The summed E-state index contributed by atoms with van der Waals surface area (Å²) >= 11 is 13.9. The Kier molecular flexibility index (Phi) is 4.95. The lowest BCUT2D eigenvalue weighted by molar-refractivity contribution is 0.803. The average Bonchev–Trinajstić information content (AvgIpc) is 2.36. The van der Waals surface area contributed by atoms with Gasteiger partial charge in [0.2, 0.25) is 0 Å². The van der Waals surface area contributed by atoms with Crippen LogP contribution in [0.15, 0.2) is 52.3 Å². The monoisotopic (exact) mass is 297 g/mol. The number of rotatable bonds is 4. The lowest BCUT2D eigenvalue weighted by Crippen LogP contribution is -2.05. The molecule has 0 spiro atoms. The molecule has 0 atom stereocenters. The van der Waals surface area contributed by atoms with Gasteiger partial charge in [-0.15, -0.1) is 0 Å². The van der Waals surface area contributed by atoms with Crippen LogP contribution in [0.5, 0.6) is 0 Å². The molecule has 0 unspecified atom stereocenters. The van der Waals surface area contributed by atoms with Crippen molar-refractivity contribution in [2.75, 3.05) is 7.05 Å². The van der Waals surface area contributed by atoms with Gasteiger partial charge in [0, 0.05) is 21.4 Å². The summed E-state index contributed by atoms with van der Waals surface area (Å²) in [5, 5.41) is 4.66. The second kappa shape index (κ2) is 6.48. The maximum atomic E-state index is 6.17. The molecule has 1 N–H and O–H groups in total. The van der Waals surface area contributed by atoms with E-state index in [1.807, 2.05) is 49.5 Å². The highest BCUT2D eigenvalue weighted by molar-refractivity contribution is 7.99. The molecule has 2 aromatic carbocycles. The zero-order valence-corrected chi connectivity index (χ0v) is 12.2. The first-order chi connectivity index (χ1) is 8.70. The first-order valence-corrected chi connectivity index (χ1v) is 7.13. The van der Waals surface area contributed by atoms with Gasteiger partial charge in [-0.1, -0.05) is 53.2 Å². The van der Waals surface area contributed by atoms with Crippen LogP contribution in [-0.2, 0) is 6.54 Å². The summed E-state index contributed by atoms with van der Waals surface area (Å²) in [4.78, 5) is 2.17. The van der Waals surface area contributed by atoms with Gasteiger partial charge >= 0.3 is 0 Å². The summed E-state index contributed by atoms with van der Waals surface area (Å²) in [5.41, 5.74) is 1.21. The maximum absolute atomic E-state index is 6.17. The van der Waals surface area contributed by atoms with Gasteiger partial charge in [-0.3, -0.25) is 0 Å². The zero-order valence-electron chi connectivity index (χ0n) is 9.91. The van der Waals surface area contributed by atoms with E-state index in [2.05, 4.69) is 5.32 Å². The van der Waals surface area contributed by atoms with E-state index in [1.54, 1.807) is 11.8 Å². The molecule has 0 saturated carbocycles. The molecule has 0 bridgehead atoms. The van der Waals surface area contributed by atoms with Gasteiger partial charge in [0.15, 0.2) is 0 Å². The lowest BCUT2D eigenvalue weighted by Gasteiger charge is -2.10. The van der Waals surface area contributed by atoms with Crippen molar-refractivity contribution in [3.63, 3.8) is 0 Å². The Morgan fingerprint density at radius 3 is 2.56 bits per heavy atom. The van der Waals surface area contributed by atoms with Crippen LogP contribution in [-0.4, -0.2) is 7.05 Å². The van der Waals surface area contributed by atoms with Crippen LogP contribution >= 0.6 is 35.0 Å². The predicted octanol–water partition coefficient (Wildman–Crippen LogP) is 4.86. The number of hydrogen-bond donors (Lipinski definition) is 1. The van der Waals surface area contributed by atoms with E-state index in [4.69, 9.17) is 23.2 Å². The van der Waals surface area contributed by atoms with E-state index in [-0.39, 0.29) is 0 Å². The molecule has 0 fully saturated rings. The molecule has 0 saturated heterocycles. The first kappa shape index (κ1) is 13.8. The third-order valence-corrected chi connectivity index (χ3v) is 4.31. The van der Waals surface area contributed by atoms with Crippen LogP contribution in [0.2, 0.25) is 10.0 Å². The highest BCUT2D eigenvalue weighted by Gasteiger charge is 2.07. The lowest BCUT2D eigenvalue weighted by atomic mass is 10.2. The van der Waals surface area contributed by atoms with Crippen LogP contribution in [0.3, 0.4) is 0 Å². The molecule has 18 heavy (non-hydrogen) atoms. The standard InChI is InChI=1S/C14H13Cl2NS/c1-17-9-10-6-7-11(15)8-14(10)18-13-5-3-2-4-12(13)16/h2-8,17H,9H2,1H3. The molecule has 0 aliphatic heterocycles. The smallest absolute Gasteiger partial charge is 0.0545 e. The predicted molar refractivity (Wildman–Crippen MR) is 79.8 cm³/mol. The minimum absolute atomic E-state index is 0.740. The third kappa shape index (κ3) is 3.42.